The van der Waals surface area contributed by atoms with E-state index in [1.165, 1.54) is 13.0 Å². The molecule has 4 rings (SSSR count). The molecule has 27 heavy (non-hydrogen) atoms. The number of morpholine rings is 1. The van der Waals surface area contributed by atoms with Crippen LogP contribution in [0.5, 0.6) is 0 Å². The first-order valence-corrected chi connectivity index (χ1v) is 8.75. The van der Waals surface area contributed by atoms with Gasteiger partial charge in [-0.15, -0.1) is 0 Å². The summed E-state index contributed by atoms with van der Waals surface area (Å²) in [5.74, 6) is 0.363. The van der Waals surface area contributed by atoms with Crippen LogP contribution in [0.2, 0.25) is 0 Å². The number of benzene rings is 1. The quantitative estimate of drug-likeness (QED) is 0.768. The molecule has 7 heteroatoms. The second kappa shape index (κ2) is 7.20. The summed E-state index contributed by atoms with van der Waals surface area (Å²) in [4.78, 5) is 30.4. The highest BCUT2D eigenvalue weighted by molar-refractivity contribution is 5.93. The Morgan fingerprint density at radius 1 is 1.19 bits per heavy atom. The van der Waals surface area contributed by atoms with Crippen LogP contribution in [-0.4, -0.2) is 37.2 Å². The first-order chi connectivity index (χ1) is 13.1. The molecule has 1 aliphatic heterocycles. The molecule has 3 aromatic rings. The average molecular weight is 365 g/mol. The fraction of sp³-hybridized carbons (Fsp3) is 0.250. The van der Waals surface area contributed by atoms with Gasteiger partial charge in [-0.3, -0.25) is 14.6 Å². The third-order valence-electron chi connectivity index (χ3n) is 4.41. The molecule has 0 radical (unpaired) electrons. The molecule has 2 aromatic heterocycles. The number of hydrogen-bond acceptors (Lipinski definition) is 6. The zero-order valence-electron chi connectivity index (χ0n) is 14.9. The van der Waals surface area contributed by atoms with Crippen molar-refractivity contribution in [1.82, 2.24) is 4.98 Å². The summed E-state index contributed by atoms with van der Waals surface area (Å²) in [5, 5.41) is 3.23. The Kier molecular flexibility index (Phi) is 4.60. The van der Waals surface area contributed by atoms with Gasteiger partial charge >= 0.3 is 0 Å². The van der Waals surface area contributed by atoms with Crippen molar-refractivity contribution in [2.24, 2.45) is 0 Å². The molecule has 0 unspecified atom stereocenters. The molecular weight excluding hydrogens is 346 g/mol. The first-order valence-electron chi connectivity index (χ1n) is 8.75. The van der Waals surface area contributed by atoms with Crippen molar-refractivity contribution in [3.05, 3.63) is 52.8 Å². The number of anilines is 2. The fourth-order valence-electron chi connectivity index (χ4n) is 3.16. The van der Waals surface area contributed by atoms with Crippen molar-refractivity contribution < 1.29 is 13.9 Å². The van der Waals surface area contributed by atoms with Crippen molar-refractivity contribution >= 4 is 28.4 Å². The van der Waals surface area contributed by atoms with E-state index in [0.29, 0.717) is 54.5 Å². The van der Waals surface area contributed by atoms with Crippen LogP contribution in [0.25, 0.3) is 22.2 Å². The van der Waals surface area contributed by atoms with Gasteiger partial charge in [0.25, 0.3) is 0 Å². The molecule has 0 atom stereocenters. The standard InChI is InChI=1S/C20H19N3O4/c1-13(24)22-15-4-2-3-14(11-15)19-20-16(5-6-21-19)17(25)12-18(27-20)23-7-9-26-10-8-23/h2-6,11-12H,7-10H2,1H3,(H,22,24). The molecule has 1 amide bonds. The molecule has 0 spiro atoms. The van der Waals surface area contributed by atoms with Crippen LogP contribution >= 0.6 is 0 Å². The number of pyridine rings is 1. The van der Waals surface area contributed by atoms with Crippen LogP contribution < -0.4 is 15.6 Å². The highest BCUT2D eigenvalue weighted by Gasteiger charge is 2.18. The van der Waals surface area contributed by atoms with Crippen LogP contribution in [0.15, 0.2) is 51.8 Å². The minimum Gasteiger partial charge on any atom is -0.438 e. The predicted octanol–water partition coefficient (Wildman–Crippen LogP) is 2.65. The van der Waals surface area contributed by atoms with E-state index in [1.54, 1.807) is 18.3 Å². The van der Waals surface area contributed by atoms with E-state index >= 15 is 0 Å². The number of aromatic nitrogens is 1. The monoisotopic (exact) mass is 365 g/mol. The van der Waals surface area contributed by atoms with Crippen molar-refractivity contribution in [3.63, 3.8) is 0 Å². The van der Waals surface area contributed by atoms with E-state index in [2.05, 4.69) is 10.3 Å². The lowest BCUT2D eigenvalue weighted by Gasteiger charge is -2.27. The molecule has 0 aliphatic carbocycles. The molecule has 0 saturated carbocycles. The first kappa shape index (κ1) is 17.2. The van der Waals surface area contributed by atoms with Crippen molar-refractivity contribution in [2.75, 3.05) is 36.5 Å². The Balaban J connectivity index is 1.84. The SMILES string of the molecule is CC(=O)Nc1cccc(-c2nccc3c(=O)cc(N4CCOCC4)oc23)c1. The number of nitrogens with one attached hydrogen (secondary N) is 1. The lowest BCUT2D eigenvalue weighted by molar-refractivity contribution is -0.114. The summed E-state index contributed by atoms with van der Waals surface area (Å²) in [6, 6.07) is 10.5. The van der Waals surface area contributed by atoms with E-state index in [0.717, 1.165) is 5.56 Å². The van der Waals surface area contributed by atoms with Crippen LogP contribution in [0, 0.1) is 0 Å². The van der Waals surface area contributed by atoms with Gasteiger partial charge in [0.2, 0.25) is 5.91 Å². The number of carbonyl (C=O) groups is 1. The van der Waals surface area contributed by atoms with Crippen molar-refractivity contribution in [3.8, 4) is 11.3 Å². The van der Waals surface area contributed by atoms with Gasteiger partial charge in [0.1, 0.15) is 5.69 Å². The van der Waals surface area contributed by atoms with Crippen LogP contribution in [0.1, 0.15) is 6.92 Å². The van der Waals surface area contributed by atoms with E-state index in [-0.39, 0.29) is 11.3 Å². The largest absolute Gasteiger partial charge is 0.438 e. The normalized spacial score (nSPS) is 14.3. The van der Waals surface area contributed by atoms with Gasteiger partial charge < -0.3 is 19.4 Å². The molecule has 0 bridgehead atoms. The summed E-state index contributed by atoms with van der Waals surface area (Å²) < 4.78 is 11.5. The Labute approximate surface area is 155 Å². The van der Waals surface area contributed by atoms with Crippen LogP contribution in [-0.2, 0) is 9.53 Å². The number of amides is 1. The highest BCUT2D eigenvalue weighted by atomic mass is 16.5. The van der Waals surface area contributed by atoms with Gasteiger partial charge in [0.15, 0.2) is 16.9 Å². The van der Waals surface area contributed by atoms with Gasteiger partial charge in [-0.25, -0.2) is 0 Å². The van der Waals surface area contributed by atoms with Crippen LogP contribution in [0.4, 0.5) is 11.6 Å². The maximum atomic E-state index is 12.6. The maximum absolute atomic E-state index is 12.6. The minimum absolute atomic E-state index is 0.112. The lowest BCUT2D eigenvalue weighted by Crippen LogP contribution is -2.36. The number of rotatable bonds is 3. The third-order valence-corrected chi connectivity index (χ3v) is 4.41. The second-order valence-electron chi connectivity index (χ2n) is 6.35. The van der Waals surface area contributed by atoms with Gasteiger partial charge in [-0.2, -0.15) is 0 Å². The topological polar surface area (TPSA) is 84.7 Å². The summed E-state index contributed by atoms with van der Waals surface area (Å²) in [5.41, 5.74) is 2.30. The third kappa shape index (κ3) is 3.54. The van der Waals surface area contributed by atoms with E-state index in [1.807, 2.05) is 23.1 Å². The molecule has 1 fully saturated rings. The molecule has 3 heterocycles. The molecule has 1 saturated heterocycles. The number of nitrogens with zero attached hydrogens (tertiary/aromatic N) is 2. The number of ether oxygens (including phenoxy) is 1. The van der Waals surface area contributed by atoms with Gasteiger partial charge in [0, 0.05) is 43.5 Å². The highest BCUT2D eigenvalue weighted by Crippen LogP contribution is 2.29. The maximum Gasteiger partial charge on any atom is 0.221 e. The Morgan fingerprint density at radius 3 is 2.78 bits per heavy atom. The summed E-state index contributed by atoms with van der Waals surface area (Å²) in [6.45, 7) is 3.99. The molecule has 138 valence electrons. The Bertz CT molecular complexity index is 1050. The molecular formula is C20H19N3O4. The smallest absolute Gasteiger partial charge is 0.221 e. The van der Waals surface area contributed by atoms with Gasteiger partial charge in [-0.1, -0.05) is 12.1 Å². The number of carbonyl (C=O) groups excluding carboxylic acids is 1. The summed E-state index contributed by atoms with van der Waals surface area (Å²) in [6.07, 6.45) is 1.59. The zero-order chi connectivity index (χ0) is 18.8. The average Bonchev–Trinajstić information content (AvgIpc) is 2.68. The van der Waals surface area contributed by atoms with Crippen molar-refractivity contribution in [1.29, 1.82) is 0 Å². The van der Waals surface area contributed by atoms with E-state index in [9.17, 15) is 9.59 Å². The van der Waals surface area contributed by atoms with E-state index in [4.69, 9.17) is 9.15 Å². The molecule has 1 N–H and O–H groups in total. The van der Waals surface area contributed by atoms with Gasteiger partial charge in [-0.05, 0) is 18.2 Å². The van der Waals surface area contributed by atoms with E-state index < -0.39 is 0 Å². The Hall–Kier alpha value is -3.19. The fourth-order valence-corrected chi connectivity index (χ4v) is 3.16. The van der Waals surface area contributed by atoms with Crippen LogP contribution in [0.3, 0.4) is 0 Å². The number of fused-ring (bicyclic) bond motifs is 1. The van der Waals surface area contributed by atoms with Crippen molar-refractivity contribution in [2.45, 2.75) is 6.92 Å². The van der Waals surface area contributed by atoms with Gasteiger partial charge in [0.05, 0.1) is 18.6 Å². The Morgan fingerprint density at radius 2 is 2.00 bits per heavy atom. The number of hydrogen-bond donors (Lipinski definition) is 1. The molecule has 1 aromatic carbocycles. The summed E-state index contributed by atoms with van der Waals surface area (Å²) >= 11 is 0. The summed E-state index contributed by atoms with van der Waals surface area (Å²) in [7, 11) is 0. The second-order valence-corrected chi connectivity index (χ2v) is 6.35. The minimum atomic E-state index is -0.154. The molecule has 1 aliphatic rings. The zero-order valence-corrected chi connectivity index (χ0v) is 14.9. The predicted molar refractivity (Wildman–Crippen MR) is 103 cm³/mol. The lowest BCUT2D eigenvalue weighted by atomic mass is 10.1. The molecule has 7 nitrogen and oxygen atoms in total.